The van der Waals surface area contributed by atoms with Gasteiger partial charge in [-0.1, -0.05) is 95.3 Å². The summed E-state index contributed by atoms with van der Waals surface area (Å²) in [6.07, 6.45) is 1.23. The van der Waals surface area contributed by atoms with Gasteiger partial charge in [-0.25, -0.2) is 0 Å². The largest absolute Gasteiger partial charge is 0.391 e. The molecule has 0 radical (unpaired) electrons. The minimum atomic E-state index is -0.873. The molecule has 0 fully saturated rings. The van der Waals surface area contributed by atoms with Crippen LogP contribution in [0.1, 0.15) is 96.3 Å². The third-order valence-electron chi connectivity index (χ3n) is 7.51. The van der Waals surface area contributed by atoms with Crippen LogP contribution in [0.4, 0.5) is 0 Å². The van der Waals surface area contributed by atoms with Crippen LogP contribution < -0.4 is 11.1 Å². The Morgan fingerprint density at radius 3 is 2.02 bits per heavy atom. The molecule has 0 aliphatic rings. The molecule has 3 aromatic rings. The fraction of sp³-hybridized carbons (Fsp3) is 0.429. The minimum Gasteiger partial charge on any atom is -0.391 e. The van der Waals surface area contributed by atoms with Crippen molar-refractivity contribution in [3.63, 3.8) is 0 Å². The van der Waals surface area contributed by atoms with E-state index < -0.39 is 17.9 Å². The Kier molecular flexibility index (Phi) is 11.7. The molecule has 6 nitrogen and oxygen atoms in total. The summed E-state index contributed by atoms with van der Waals surface area (Å²) < 4.78 is 0. The number of hydrogen-bond acceptors (Lipinski definition) is 4. The number of carbonyl (C=O) groups excluding carboxylic acids is 2. The van der Waals surface area contributed by atoms with Crippen LogP contribution in [0.2, 0.25) is 0 Å². The van der Waals surface area contributed by atoms with Crippen LogP contribution in [-0.2, 0) is 18.4 Å². The molecule has 0 aliphatic heterocycles. The van der Waals surface area contributed by atoms with Crippen molar-refractivity contribution in [1.82, 2.24) is 10.2 Å². The van der Waals surface area contributed by atoms with E-state index >= 15 is 0 Å². The molecule has 0 aliphatic carbocycles. The average Bonchev–Trinajstić information content (AvgIpc) is 2.95. The molecule has 0 aromatic heterocycles. The lowest BCUT2D eigenvalue weighted by molar-refractivity contribution is 0.0751. The quantitative estimate of drug-likeness (QED) is 0.233. The highest BCUT2D eigenvalue weighted by Crippen LogP contribution is 2.32. The lowest BCUT2D eigenvalue weighted by Crippen LogP contribution is -2.37. The SMILES string of the molecule is CCCN(CCC)C(=O)c1cccc(C(N)=O)c1[C@H](Cc1ccccc1)[C@@H](O)CNCc1ccc(C(C)(C)C)cc1. The van der Waals surface area contributed by atoms with Crippen molar-refractivity contribution >= 4 is 11.8 Å². The van der Waals surface area contributed by atoms with Crippen LogP contribution in [0.25, 0.3) is 0 Å². The first kappa shape index (κ1) is 32.0. The Bertz CT molecular complexity index is 1260. The highest BCUT2D eigenvalue weighted by molar-refractivity contribution is 6.02. The maximum Gasteiger partial charge on any atom is 0.254 e. The van der Waals surface area contributed by atoms with Crippen molar-refractivity contribution in [2.45, 2.75) is 77.9 Å². The van der Waals surface area contributed by atoms with Gasteiger partial charge in [-0.3, -0.25) is 9.59 Å². The smallest absolute Gasteiger partial charge is 0.254 e. The van der Waals surface area contributed by atoms with Gasteiger partial charge in [0.2, 0.25) is 5.91 Å². The van der Waals surface area contributed by atoms with Crippen molar-refractivity contribution in [2.24, 2.45) is 5.73 Å². The second-order valence-electron chi connectivity index (χ2n) is 11.9. The summed E-state index contributed by atoms with van der Waals surface area (Å²) in [5.74, 6) is -1.27. The minimum absolute atomic E-state index is 0.0829. The molecule has 3 aromatic carbocycles. The first-order valence-corrected chi connectivity index (χ1v) is 14.8. The molecule has 0 saturated heterocycles. The number of hydrogen-bond donors (Lipinski definition) is 3. The van der Waals surface area contributed by atoms with Gasteiger partial charge < -0.3 is 21.1 Å². The summed E-state index contributed by atoms with van der Waals surface area (Å²) in [6.45, 7) is 12.8. The molecular formula is C35H47N3O3. The molecule has 41 heavy (non-hydrogen) atoms. The number of aliphatic hydroxyl groups excluding tert-OH is 1. The first-order valence-electron chi connectivity index (χ1n) is 14.8. The summed E-state index contributed by atoms with van der Waals surface area (Å²) in [7, 11) is 0. The molecule has 0 bridgehead atoms. The van der Waals surface area contributed by atoms with E-state index in [2.05, 4.69) is 50.4 Å². The van der Waals surface area contributed by atoms with Crippen LogP contribution in [0.15, 0.2) is 72.8 Å². The van der Waals surface area contributed by atoms with Gasteiger partial charge in [-0.05, 0) is 59.1 Å². The van der Waals surface area contributed by atoms with Crippen molar-refractivity contribution < 1.29 is 14.7 Å². The number of aliphatic hydroxyl groups is 1. The molecule has 0 spiro atoms. The summed E-state index contributed by atoms with van der Waals surface area (Å²) in [5.41, 5.74) is 10.6. The Morgan fingerprint density at radius 1 is 0.854 bits per heavy atom. The Morgan fingerprint density at radius 2 is 1.46 bits per heavy atom. The summed E-state index contributed by atoms with van der Waals surface area (Å²) in [4.78, 5) is 28.4. The summed E-state index contributed by atoms with van der Waals surface area (Å²) in [5, 5.41) is 15.1. The fourth-order valence-corrected chi connectivity index (χ4v) is 5.32. The number of nitrogens with one attached hydrogen (secondary N) is 1. The van der Waals surface area contributed by atoms with Crippen molar-refractivity contribution in [3.8, 4) is 0 Å². The highest BCUT2D eigenvalue weighted by atomic mass is 16.3. The molecule has 0 heterocycles. The van der Waals surface area contributed by atoms with Crippen LogP contribution in [0.5, 0.6) is 0 Å². The summed E-state index contributed by atoms with van der Waals surface area (Å²) >= 11 is 0. The van der Waals surface area contributed by atoms with Crippen molar-refractivity contribution in [2.75, 3.05) is 19.6 Å². The average molecular weight is 558 g/mol. The van der Waals surface area contributed by atoms with E-state index in [-0.39, 0.29) is 23.4 Å². The molecule has 2 amide bonds. The van der Waals surface area contributed by atoms with E-state index in [1.807, 2.05) is 49.1 Å². The summed E-state index contributed by atoms with van der Waals surface area (Å²) in [6, 6.07) is 23.5. The highest BCUT2D eigenvalue weighted by Gasteiger charge is 2.31. The monoisotopic (exact) mass is 557 g/mol. The van der Waals surface area contributed by atoms with Gasteiger partial charge in [0.1, 0.15) is 0 Å². The topological polar surface area (TPSA) is 95.7 Å². The van der Waals surface area contributed by atoms with Crippen molar-refractivity contribution in [3.05, 3.63) is 106 Å². The molecule has 6 heteroatoms. The maximum absolute atomic E-state index is 13.9. The third kappa shape index (κ3) is 8.75. The number of rotatable bonds is 14. The third-order valence-corrected chi connectivity index (χ3v) is 7.51. The number of amides is 2. The molecule has 220 valence electrons. The first-order chi connectivity index (χ1) is 19.6. The molecule has 4 N–H and O–H groups in total. The Labute approximate surface area is 246 Å². The second-order valence-corrected chi connectivity index (χ2v) is 11.9. The molecule has 3 rings (SSSR count). The van der Waals surface area contributed by atoms with Gasteiger partial charge in [0.05, 0.1) is 6.10 Å². The van der Waals surface area contributed by atoms with E-state index in [4.69, 9.17) is 5.73 Å². The van der Waals surface area contributed by atoms with Crippen LogP contribution in [0, 0.1) is 0 Å². The van der Waals surface area contributed by atoms with Gasteiger partial charge in [-0.2, -0.15) is 0 Å². The van der Waals surface area contributed by atoms with E-state index in [1.54, 1.807) is 18.2 Å². The standard InChI is InChI=1S/C35H47N3O3/c1-6-20-38(21-7-2)34(41)29-15-11-14-28(33(36)40)32(29)30(22-25-12-9-8-10-13-25)31(39)24-37-23-26-16-18-27(19-17-26)35(3,4)5/h8-19,30-31,37,39H,6-7,20-24H2,1-5H3,(H2,36,40)/t30-,31+/m1/s1. The zero-order chi connectivity index (χ0) is 30.0. The number of benzene rings is 3. The second kappa shape index (κ2) is 14.9. The maximum atomic E-state index is 13.9. The van der Waals surface area contributed by atoms with Crippen LogP contribution in [0.3, 0.4) is 0 Å². The predicted octanol–water partition coefficient (Wildman–Crippen LogP) is 5.82. The van der Waals surface area contributed by atoms with Gasteiger partial charge in [0, 0.05) is 43.2 Å². The van der Waals surface area contributed by atoms with E-state index in [9.17, 15) is 14.7 Å². The molecule has 2 atom stereocenters. The van der Waals surface area contributed by atoms with Crippen LogP contribution >= 0.6 is 0 Å². The Hall–Kier alpha value is -3.48. The molecule has 0 saturated carbocycles. The number of primary amides is 1. The van der Waals surface area contributed by atoms with Crippen molar-refractivity contribution in [1.29, 1.82) is 0 Å². The van der Waals surface area contributed by atoms with Crippen LogP contribution in [-0.4, -0.2) is 47.6 Å². The zero-order valence-corrected chi connectivity index (χ0v) is 25.3. The number of nitrogens with zero attached hydrogens (tertiary/aromatic N) is 1. The zero-order valence-electron chi connectivity index (χ0n) is 25.3. The molecule has 0 unspecified atom stereocenters. The molecular weight excluding hydrogens is 510 g/mol. The van der Waals surface area contributed by atoms with E-state index in [0.29, 0.717) is 37.2 Å². The van der Waals surface area contributed by atoms with E-state index in [1.165, 1.54) is 5.56 Å². The number of nitrogens with two attached hydrogens (primary N) is 1. The normalized spacial score (nSPS) is 13.0. The predicted molar refractivity (Wildman–Crippen MR) is 167 cm³/mol. The van der Waals surface area contributed by atoms with Gasteiger partial charge in [0.15, 0.2) is 0 Å². The lowest BCUT2D eigenvalue weighted by Gasteiger charge is -2.30. The van der Waals surface area contributed by atoms with E-state index in [0.717, 1.165) is 24.0 Å². The van der Waals surface area contributed by atoms with Gasteiger partial charge in [-0.15, -0.1) is 0 Å². The van der Waals surface area contributed by atoms with Gasteiger partial charge in [0.25, 0.3) is 5.91 Å². The van der Waals surface area contributed by atoms with Gasteiger partial charge >= 0.3 is 0 Å². The fourth-order valence-electron chi connectivity index (χ4n) is 5.32. The number of carbonyl (C=O) groups is 2. The Balaban J connectivity index is 1.96. The lowest BCUT2D eigenvalue weighted by atomic mass is 9.81.